The number of ether oxygens (including phenoxy) is 1. The summed E-state index contributed by atoms with van der Waals surface area (Å²) in [7, 11) is 4.93. The summed E-state index contributed by atoms with van der Waals surface area (Å²) < 4.78 is 6.27. The number of aryl methyl sites for hydroxylation is 1. The average molecular weight is 235 g/mol. The van der Waals surface area contributed by atoms with Gasteiger partial charge >= 0.3 is 5.97 Å². The van der Waals surface area contributed by atoms with Gasteiger partial charge in [0.15, 0.2) is 5.65 Å². The van der Waals surface area contributed by atoms with Crippen LogP contribution in [0.25, 0.3) is 11.0 Å². The van der Waals surface area contributed by atoms with Crippen LogP contribution in [0.5, 0.6) is 0 Å². The van der Waals surface area contributed by atoms with Gasteiger partial charge in [-0.25, -0.2) is 9.97 Å². The number of nitrogens with zero attached hydrogens (tertiary/aromatic N) is 5. The second-order valence-corrected chi connectivity index (χ2v) is 3.63. The number of rotatable bonds is 3. The van der Waals surface area contributed by atoms with Gasteiger partial charge in [0.05, 0.1) is 18.7 Å². The summed E-state index contributed by atoms with van der Waals surface area (Å²) in [6.45, 7) is 0.136. The Bertz CT molecular complexity index is 551. The second-order valence-electron chi connectivity index (χ2n) is 3.63. The molecule has 0 aliphatic carbocycles. The Morgan fingerprint density at radius 3 is 3.00 bits per heavy atom. The minimum atomic E-state index is -0.317. The summed E-state index contributed by atoms with van der Waals surface area (Å²) in [6.07, 6.45) is 3.13. The van der Waals surface area contributed by atoms with Crippen LogP contribution in [0.2, 0.25) is 0 Å². The molecule has 0 saturated carbocycles. The fourth-order valence-electron chi connectivity index (χ4n) is 1.59. The third-order valence-corrected chi connectivity index (χ3v) is 2.46. The maximum Gasteiger partial charge on any atom is 0.325 e. The van der Waals surface area contributed by atoms with E-state index in [9.17, 15) is 4.79 Å². The monoisotopic (exact) mass is 235 g/mol. The van der Waals surface area contributed by atoms with Crippen molar-refractivity contribution in [3.05, 3.63) is 12.5 Å². The molecule has 2 rings (SSSR count). The summed E-state index contributed by atoms with van der Waals surface area (Å²) in [5, 5.41) is 4.92. The highest BCUT2D eigenvalue weighted by Gasteiger charge is 2.14. The predicted molar refractivity (Wildman–Crippen MR) is 61.6 cm³/mol. The van der Waals surface area contributed by atoms with Crippen molar-refractivity contribution in [2.75, 3.05) is 25.6 Å². The number of aromatic nitrogens is 4. The molecular weight excluding hydrogens is 222 g/mol. The van der Waals surface area contributed by atoms with Crippen molar-refractivity contribution < 1.29 is 9.53 Å². The van der Waals surface area contributed by atoms with E-state index in [1.807, 2.05) is 0 Å². The van der Waals surface area contributed by atoms with Crippen molar-refractivity contribution >= 4 is 22.8 Å². The Balaban J connectivity index is 2.38. The van der Waals surface area contributed by atoms with Gasteiger partial charge in [-0.05, 0) is 0 Å². The van der Waals surface area contributed by atoms with E-state index in [0.29, 0.717) is 5.82 Å². The molecule has 0 bridgehead atoms. The van der Waals surface area contributed by atoms with Gasteiger partial charge in [0.1, 0.15) is 18.7 Å². The number of anilines is 1. The van der Waals surface area contributed by atoms with Crippen LogP contribution in [0.3, 0.4) is 0 Å². The molecule has 2 heterocycles. The minimum Gasteiger partial charge on any atom is -0.468 e. The molecule has 0 N–H and O–H groups in total. The normalized spacial score (nSPS) is 10.5. The van der Waals surface area contributed by atoms with E-state index in [2.05, 4.69) is 19.8 Å². The molecule has 0 spiro atoms. The Morgan fingerprint density at radius 1 is 1.53 bits per heavy atom. The van der Waals surface area contributed by atoms with Gasteiger partial charge in [-0.1, -0.05) is 0 Å². The van der Waals surface area contributed by atoms with Crippen LogP contribution in [0, 0.1) is 0 Å². The third-order valence-electron chi connectivity index (χ3n) is 2.46. The van der Waals surface area contributed by atoms with Crippen LogP contribution in [0.1, 0.15) is 0 Å². The Hall–Kier alpha value is -2.18. The molecule has 90 valence electrons. The van der Waals surface area contributed by atoms with Gasteiger partial charge < -0.3 is 9.64 Å². The fourth-order valence-corrected chi connectivity index (χ4v) is 1.59. The van der Waals surface area contributed by atoms with Crippen molar-refractivity contribution in [3.8, 4) is 0 Å². The van der Waals surface area contributed by atoms with Crippen LogP contribution in [0.15, 0.2) is 12.5 Å². The van der Waals surface area contributed by atoms with Gasteiger partial charge in [-0.2, -0.15) is 5.10 Å². The average Bonchev–Trinajstić information content (AvgIpc) is 2.71. The molecule has 7 nitrogen and oxygen atoms in total. The number of esters is 1. The number of carbonyl (C=O) groups is 1. The zero-order chi connectivity index (χ0) is 12.4. The van der Waals surface area contributed by atoms with Crippen molar-refractivity contribution in [1.29, 1.82) is 0 Å². The quantitative estimate of drug-likeness (QED) is 0.696. The lowest BCUT2D eigenvalue weighted by Gasteiger charge is -2.16. The maximum atomic E-state index is 11.2. The topological polar surface area (TPSA) is 73.1 Å². The van der Waals surface area contributed by atoms with E-state index >= 15 is 0 Å². The molecule has 0 aliphatic heterocycles. The summed E-state index contributed by atoms with van der Waals surface area (Å²) in [6, 6.07) is 0. The van der Waals surface area contributed by atoms with Crippen molar-refractivity contribution in [2.45, 2.75) is 0 Å². The lowest BCUT2D eigenvalue weighted by Crippen LogP contribution is -2.27. The second kappa shape index (κ2) is 4.36. The maximum absolute atomic E-state index is 11.2. The van der Waals surface area contributed by atoms with E-state index < -0.39 is 0 Å². The number of hydrogen-bond donors (Lipinski definition) is 0. The molecule has 0 fully saturated rings. The number of fused-ring (bicyclic) bond motifs is 1. The first kappa shape index (κ1) is 11.3. The molecule has 2 aromatic rings. The van der Waals surface area contributed by atoms with Crippen LogP contribution >= 0.6 is 0 Å². The molecule has 0 saturated heterocycles. The van der Waals surface area contributed by atoms with Gasteiger partial charge in [-0.15, -0.1) is 0 Å². The van der Waals surface area contributed by atoms with Gasteiger partial charge in [-0.3, -0.25) is 9.48 Å². The molecule has 0 unspecified atom stereocenters. The first-order chi connectivity index (χ1) is 8.13. The Labute approximate surface area is 98.0 Å². The lowest BCUT2D eigenvalue weighted by atomic mass is 10.3. The third kappa shape index (κ3) is 2.03. The lowest BCUT2D eigenvalue weighted by molar-refractivity contribution is -0.138. The number of hydrogen-bond acceptors (Lipinski definition) is 6. The van der Waals surface area contributed by atoms with Gasteiger partial charge in [0, 0.05) is 14.1 Å². The first-order valence-corrected chi connectivity index (χ1v) is 5.04. The van der Waals surface area contributed by atoms with Crippen molar-refractivity contribution in [3.63, 3.8) is 0 Å². The molecule has 0 radical (unpaired) electrons. The van der Waals surface area contributed by atoms with Crippen LogP contribution < -0.4 is 4.90 Å². The number of carbonyl (C=O) groups excluding carboxylic acids is 1. The highest BCUT2D eigenvalue weighted by molar-refractivity contribution is 5.88. The molecule has 17 heavy (non-hydrogen) atoms. The van der Waals surface area contributed by atoms with Crippen LogP contribution in [-0.2, 0) is 16.6 Å². The molecular formula is C10H13N5O2. The largest absolute Gasteiger partial charge is 0.468 e. The number of likely N-dealkylation sites (N-methyl/N-ethyl adjacent to an activating group) is 1. The van der Waals surface area contributed by atoms with Crippen LogP contribution in [-0.4, -0.2) is 46.4 Å². The fraction of sp³-hybridized carbons (Fsp3) is 0.400. The summed E-state index contributed by atoms with van der Waals surface area (Å²) in [4.78, 5) is 21.2. The zero-order valence-electron chi connectivity index (χ0n) is 9.91. The summed E-state index contributed by atoms with van der Waals surface area (Å²) in [5.41, 5.74) is 0.728. The predicted octanol–water partition coefficient (Wildman–Crippen LogP) is -0.0275. The molecule has 0 atom stereocenters. The summed E-state index contributed by atoms with van der Waals surface area (Å²) >= 11 is 0. The van der Waals surface area contributed by atoms with Gasteiger partial charge in [0.25, 0.3) is 0 Å². The van der Waals surface area contributed by atoms with E-state index in [1.54, 1.807) is 29.9 Å². The van der Waals surface area contributed by atoms with Gasteiger partial charge in [0.2, 0.25) is 0 Å². The smallest absolute Gasteiger partial charge is 0.325 e. The highest BCUT2D eigenvalue weighted by atomic mass is 16.5. The zero-order valence-corrected chi connectivity index (χ0v) is 9.91. The van der Waals surface area contributed by atoms with Crippen molar-refractivity contribution in [1.82, 2.24) is 19.7 Å². The highest BCUT2D eigenvalue weighted by Crippen LogP contribution is 2.20. The first-order valence-electron chi connectivity index (χ1n) is 5.04. The van der Waals surface area contributed by atoms with E-state index in [4.69, 9.17) is 0 Å². The van der Waals surface area contributed by atoms with E-state index in [0.717, 1.165) is 11.0 Å². The Morgan fingerprint density at radius 2 is 2.29 bits per heavy atom. The molecule has 2 aromatic heterocycles. The molecule has 7 heteroatoms. The standard InChI is InChI=1S/C10H13N5O2/c1-14(5-8(16)17-3)9-7-4-13-15(2)10(7)12-6-11-9/h4,6H,5H2,1-3H3. The van der Waals surface area contributed by atoms with E-state index in [-0.39, 0.29) is 12.5 Å². The Kier molecular flexibility index (Phi) is 2.90. The SMILES string of the molecule is COC(=O)CN(C)c1ncnc2c1cnn2C. The van der Waals surface area contributed by atoms with Crippen molar-refractivity contribution in [2.24, 2.45) is 7.05 Å². The minimum absolute atomic E-state index is 0.136. The molecule has 0 aromatic carbocycles. The molecule has 0 amide bonds. The summed E-state index contributed by atoms with van der Waals surface area (Å²) in [5.74, 6) is 0.344. The number of methoxy groups -OCH3 is 1. The van der Waals surface area contributed by atoms with Crippen LogP contribution in [0.4, 0.5) is 5.82 Å². The molecule has 0 aliphatic rings. The van der Waals surface area contributed by atoms with E-state index in [1.165, 1.54) is 13.4 Å².